The number of rotatable bonds is 5. The van der Waals surface area contributed by atoms with Gasteiger partial charge in [-0.2, -0.15) is 0 Å². The SMILES string of the molecule is CN1CCN([C@@H](CNC(=O)C(=O)Nc2ccc3c(c2)OCO3)c2cccn2C)CC1. The molecule has 4 rings (SSSR count). The number of likely N-dealkylation sites (N-methyl/N-ethyl adjacent to an activating group) is 1. The summed E-state index contributed by atoms with van der Waals surface area (Å²) in [4.78, 5) is 29.5. The molecule has 2 aliphatic heterocycles. The van der Waals surface area contributed by atoms with Crippen LogP contribution in [0.2, 0.25) is 0 Å². The molecule has 1 atom stereocenters. The van der Waals surface area contributed by atoms with Crippen molar-refractivity contribution < 1.29 is 19.1 Å². The third-order valence-electron chi connectivity index (χ3n) is 5.60. The number of aromatic nitrogens is 1. The van der Waals surface area contributed by atoms with Gasteiger partial charge in [-0.3, -0.25) is 14.5 Å². The number of benzene rings is 1. The van der Waals surface area contributed by atoms with Crippen LogP contribution in [0.1, 0.15) is 11.7 Å². The number of nitrogens with one attached hydrogen (secondary N) is 2. The molecule has 2 aromatic rings. The van der Waals surface area contributed by atoms with Crippen molar-refractivity contribution in [3.05, 3.63) is 42.2 Å². The van der Waals surface area contributed by atoms with Crippen molar-refractivity contribution in [1.29, 1.82) is 0 Å². The Bertz CT molecular complexity index is 920. The molecule has 2 amide bonds. The van der Waals surface area contributed by atoms with E-state index in [2.05, 4.69) is 38.1 Å². The number of nitrogens with zero attached hydrogens (tertiary/aromatic N) is 3. The minimum atomic E-state index is -0.710. The van der Waals surface area contributed by atoms with Crippen LogP contribution in [0, 0.1) is 0 Å². The topological polar surface area (TPSA) is 88.1 Å². The second-order valence-electron chi connectivity index (χ2n) is 7.63. The van der Waals surface area contributed by atoms with Crippen LogP contribution in [0.4, 0.5) is 5.69 Å². The van der Waals surface area contributed by atoms with Crippen molar-refractivity contribution in [3.8, 4) is 11.5 Å². The van der Waals surface area contributed by atoms with Gasteiger partial charge in [0, 0.05) is 63.4 Å². The zero-order valence-electron chi connectivity index (χ0n) is 17.3. The zero-order chi connectivity index (χ0) is 21.1. The van der Waals surface area contributed by atoms with E-state index >= 15 is 0 Å². The number of hydrogen-bond donors (Lipinski definition) is 2. The molecule has 0 unspecified atom stereocenters. The van der Waals surface area contributed by atoms with Gasteiger partial charge in [0.1, 0.15) is 0 Å². The molecule has 1 fully saturated rings. The van der Waals surface area contributed by atoms with Gasteiger partial charge in [-0.25, -0.2) is 0 Å². The lowest BCUT2D eigenvalue weighted by Crippen LogP contribution is -2.49. The van der Waals surface area contributed by atoms with E-state index in [1.165, 1.54) is 0 Å². The Morgan fingerprint density at radius 1 is 1.03 bits per heavy atom. The summed E-state index contributed by atoms with van der Waals surface area (Å²) < 4.78 is 12.6. The summed E-state index contributed by atoms with van der Waals surface area (Å²) in [6.45, 7) is 4.27. The second kappa shape index (κ2) is 8.76. The molecule has 0 bridgehead atoms. The Balaban J connectivity index is 1.38. The van der Waals surface area contributed by atoms with Crippen LogP contribution in [0.25, 0.3) is 0 Å². The third kappa shape index (κ3) is 4.42. The first kappa shape index (κ1) is 20.2. The molecular weight excluding hydrogens is 386 g/mol. The molecule has 30 heavy (non-hydrogen) atoms. The molecule has 0 aliphatic carbocycles. The van der Waals surface area contributed by atoms with Crippen LogP contribution >= 0.6 is 0 Å². The number of anilines is 1. The minimum absolute atomic E-state index is 0.000920. The first-order chi connectivity index (χ1) is 14.5. The number of amides is 2. The molecular formula is C21H27N5O4. The number of hydrogen-bond acceptors (Lipinski definition) is 6. The van der Waals surface area contributed by atoms with Gasteiger partial charge in [-0.1, -0.05) is 0 Å². The number of carbonyl (C=O) groups excluding carboxylic acids is 2. The highest BCUT2D eigenvalue weighted by Gasteiger charge is 2.27. The number of ether oxygens (including phenoxy) is 2. The van der Waals surface area contributed by atoms with E-state index in [0.717, 1.165) is 31.9 Å². The van der Waals surface area contributed by atoms with Crippen molar-refractivity contribution >= 4 is 17.5 Å². The van der Waals surface area contributed by atoms with Crippen molar-refractivity contribution in [2.75, 3.05) is 51.9 Å². The van der Waals surface area contributed by atoms with Crippen molar-refractivity contribution in [2.24, 2.45) is 7.05 Å². The molecule has 0 spiro atoms. The zero-order valence-corrected chi connectivity index (χ0v) is 17.3. The standard InChI is InChI=1S/C21H27N5O4/c1-24-8-10-26(11-9-24)17(16-4-3-7-25(16)2)13-22-20(27)21(28)23-15-5-6-18-19(12-15)30-14-29-18/h3-7,12,17H,8-11,13-14H2,1-2H3,(H,22,27)(H,23,28)/t17-/m0/s1. The minimum Gasteiger partial charge on any atom is -0.454 e. The van der Waals surface area contributed by atoms with Gasteiger partial charge in [0.15, 0.2) is 11.5 Å². The number of aryl methyl sites for hydroxylation is 1. The molecule has 0 saturated carbocycles. The fraction of sp³-hybridized carbons (Fsp3) is 0.429. The fourth-order valence-electron chi connectivity index (χ4n) is 3.81. The molecule has 2 N–H and O–H groups in total. The van der Waals surface area contributed by atoms with Gasteiger partial charge >= 0.3 is 11.8 Å². The summed E-state index contributed by atoms with van der Waals surface area (Å²) in [5.41, 5.74) is 1.59. The van der Waals surface area contributed by atoms with Crippen LogP contribution in [0.3, 0.4) is 0 Å². The number of fused-ring (bicyclic) bond motifs is 1. The summed E-state index contributed by atoms with van der Waals surface area (Å²) in [7, 11) is 4.10. The van der Waals surface area contributed by atoms with E-state index in [1.807, 2.05) is 19.3 Å². The number of carbonyl (C=O) groups is 2. The summed E-state index contributed by atoms with van der Waals surface area (Å²) in [5.74, 6) is -0.207. The van der Waals surface area contributed by atoms with Gasteiger partial charge < -0.3 is 29.6 Å². The second-order valence-corrected chi connectivity index (χ2v) is 7.63. The first-order valence-corrected chi connectivity index (χ1v) is 10.0. The summed E-state index contributed by atoms with van der Waals surface area (Å²) >= 11 is 0. The lowest BCUT2D eigenvalue weighted by Gasteiger charge is -2.38. The van der Waals surface area contributed by atoms with Gasteiger partial charge in [0.05, 0.1) is 6.04 Å². The predicted octanol–water partition coefficient (Wildman–Crippen LogP) is 0.797. The van der Waals surface area contributed by atoms with E-state index in [1.54, 1.807) is 18.2 Å². The maximum absolute atomic E-state index is 12.5. The monoisotopic (exact) mass is 413 g/mol. The Labute approximate surface area is 175 Å². The van der Waals surface area contributed by atoms with Crippen LogP contribution in [0.15, 0.2) is 36.5 Å². The normalized spacial score (nSPS) is 17.5. The lowest BCUT2D eigenvalue weighted by molar-refractivity contribution is -0.136. The quantitative estimate of drug-likeness (QED) is 0.705. The Morgan fingerprint density at radius 2 is 1.80 bits per heavy atom. The van der Waals surface area contributed by atoms with E-state index in [9.17, 15) is 9.59 Å². The summed E-state index contributed by atoms with van der Waals surface area (Å²) in [5, 5.41) is 5.42. The van der Waals surface area contributed by atoms with Crippen LogP contribution < -0.4 is 20.1 Å². The smallest absolute Gasteiger partial charge is 0.313 e. The lowest BCUT2D eigenvalue weighted by atomic mass is 10.1. The highest BCUT2D eigenvalue weighted by Crippen LogP contribution is 2.34. The molecule has 9 nitrogen and oxygen atoms in total. The van der Waals surface area contributed by atoms with Gasteiger partial charge in [0.2, 0.25) is 6.79 Å². The predicted molar refractivity (Wildman–Crippen MR) is 111 cm³/mol. The Kier molecular flexibility index (Phi) is 5.91. The molecule has 1 saturated heterocycles. The van der Waals surface area contributed by atoms with Crippen molar-refractivity contribution in [1.82, 2.24) is 19.7 Å². The Hall–Kier alpha value is -3.04. The maximum Gasteiger partial charge on any atom is 0.313 e. The molecule has 3 heterocycles. The average molecular weight is 413 g/mol. The molecule has 1 aromatic heterocycles. The maximum atomic E-state index is 12.5. The molecule has 1 aromatic carbocycles. The van der Waals surface area contributed by atoms with Crippen molar-refractivity contribution in [2.45, 2.75) is 6.04 Å². The third-order valence-corrected chi connectivity index (χ3v) is 5.60. The van der Waals surface area contributed by atoms with E-state index in [-0.39, 0.29) is 12.8 Å². The van der Waals surface area contributed by atoms with Gasteiger partial charge in [-0.05, 0) is 31.3 Å². The highest BCUT2D eigenvalue weighted by molar-refractivity contribution is 6.39. The van der Waals surface area contributed by atoms with E-state index < -0.39 is 11.8 Å². The van der Waals surface area contributed by atoms with Gasteiger partial charge in [0.25, 0.3) is 0 Å². The Morgan fingerprint density at radius 3 is 2.53 bits per heavy atom. The average Bonchev–Trinajstić information content (AvgIpc) is 3.38. The summed E-state index contributed by atoms with van der Waals surface area (Å²) in [6, 6.07) is 9.07. The van der Waals surface area contributed by atoms with Gasteiger partial charge in [-0.15, -0.1) is 0 Å². The first-order valence-electron chi connectivity index (χ1n) is 10.0. The van der Waals surface area contributed by atoms with Crippen LogP contribution in [-0.4, -0.2) is 72.7 Å². The fourth-order valence-corrected chi connectivity index (χ4v) is 3.81. The van der Waals surface area contributed by atoms with Crippen LogP contribution in [-0.2, 0) is 16.6 Å². The van der Waals surface area contributed by atoms with Crippen LogP contribution in [0.5, 0.6) is 11.5 Å². The van der Waals surface area contributed by atoms with Crippen molar-refractivity contribution in [3.63, 3.8) is 0 Å². The molecule has 2 aliphatic rings. The number of piperazine rings is 1. The molecule has 160 valence electrons. The molecule has 9 heteroatoms. The summed E-state index contributed by atoms with van der Waals surface area (Å²) in [6.07, 6.45) is 1.99. The largest absolute Gasteiger partial charge is 0.454 e. The van der Waals surface area contributed by atoms with E-state index in [0.29, 0.717) is 23.7 Å². The highest BCUT2D eigenvalue weighted by atomic mass is 16.7. The molecule has 0 radical (unpaired) electrons. The van der Waals surface area contributed by atoms with E-state index in [4.69, 9.17) is 9.47 Å².